The lowest BCUT2D eigenvalue weighted by molar-refractivity contribution is -0.137. The van der Waals surface area contributed by atoms with Gasteiger partial charge in [0, 0.05) is 30.7 Å². The highest BCUT2D eigenvalue weighted by Gasteiger charge is 2.50. The lowest BCUT2D eigenvalue weighted by Gasteiger charge is -2.30. The number of nitrogens with one attached hydrogen (secondary N) is 2. The van der Waals surface area contributed by atoms with Gasteiger partial charge in [-0.3, -0.25) is 37.0 Å². The fraction of sp³-hybridized carbons (Fsp3) is 0.667. The molecule has 0 aliphatic carbocycles. The quantitative estimate of drug-likeness (QED) is 0.0394. The first kappa shape index (κ1) is 50.0. The van der Waals surface area contributed by atoms with Crippen molar-refractivity contribution in [2.24, 2.45) is 5.41 Å². The number of aliphatic hydroxyl groups excluding tert-OH is 3. The number of carbonyl (C=O) groups is 3. The number of aromatic nitrogens is 4. The molecular weight excluding hydrogens is 894 g/mol. The Balaban J connectivity index is 1.46. The summed E-state index contributed by atoms with van der Waals surface area (Å²) in [6.07, 6.45) is -9.13. The van der Waals surface area contributed by atoms with Crippen LogP contribution in [0.4, 0.5) is 5.82 Å². The molecule has 2 aromatic heterocycles. The number of phosphoric acid groups is 4. The van der Waals surface area contributed by atoms with Gasteiger partial charge in [-0.05, 0) is 0 Å². The van der Waals surface area contributed by atoms with Crippen LogP contribution in [0.2, 0.25) is 0 Å². The molecule has 1 aliphatic heterocycles. The maximum absolute atomic E-state index is 12.7. The maximum atomic E-state index is 12.7. The molecule has 1 fully saturated rings. The van der Waals surface area contributed by atoms with Gasteiger partial charge in [0.05, 0.1) is 26.1 Å². The van der Waals surface area contributed by atoms with E-state index in [0.29, 0.717) is 11.8 Å². The molecule has 2 aromatic rings. The summed E-state index contributed by atoms with van der Waals surface area (Å²) in [6, 6.07) is 0. The van der Waals surface area contributed by atoms with Crippen LogP contribution in [0.3, 0.4) is 0 Å². The van der Waals surface area contributed by atoms with Crippen molar-refractivity contribution in [2.75, 3.05) is 44.4 Å². The number of imidazole rings is 1. The number of hydrogen-bond donors (Lipinski definition) is 12. The normalized spacial score (nSPS) is 22.2. The second-order valence-electron chi connectivity index (χ2n) is 12.5. The summed E-state index contributed by atoms with van der Waals surface area (Å²) >= 11 is 0.546. The summed E-state index contributed by atoms with van der Waals surface area (Å²) in [4.78, 5) is 104. The topological polar surface area (TPSA) is 451 Å². The molecule has 3 rings (SSSR count). The highest BCUT2D eigenvalue weighted by molar-refractivity contribution is 8.13. The molecule has 0 spiro atoms. The molecule has 8 atom stereocenters. The molecule has 0 aromatic carbocycles. The van der Waals surface area contributed by atoms with Crippen LogP contribution in [0.25, 0.3) is 11.2 Å². The maximum Gasteiger partial charge on any atom is 0.481 e. The summed E-state index contributed by atoms with van der Waals surface area (Å²) in [5.41, 5.74) is 4.13. The standard InChI is InChI=1S/C24H41N7O22P4S/c1-24(2,18(35)21(36)27-4-3-14(33)26-5-6-58-23(37)12(32)7-48-54(38,39)40)9-50-57(46,47)53-56(44,45)49-8-13-17(52-55(41,42)43)16(34)22(51-13)31-11-30-15-19(25)28-10-29-20(15)31/h10-13,16-18,22,32,34-35H,3-9H2,1-2H3,(H,26,33)(H,27,36)(H,44,45)(H,46,47)(H2,25,28,29)(H2,38,39,40)(H2,41,42,43). The third-order valence-corrected chi connectivity index (χ3v) is 12.0. The molecule has 0 radical (unpaired) electrons. The Hall–Kier alpha value is -2.37. The van der Waals surface area contributed by atoms with Crippen LogP contribution in [0.1, 0.15) is 26.5 Å². The second kappa shape index (κ2) is 20.5. The zero-order valence-corrected chi connectivity index (χ0v) is 34.4. The fourth-order valence-electron chi connectivity index (χ4n) is 4.61. The van der Waals surface area contributed by atoms with Gasteiger partial charge in [0.25, 0.3) is 0 Å². The summed E-state index contributed by atoms with van der Waals surface area (Å²) < 4.78 is 76.5. The number of nitrogens with two attached hydrogens (primary N) is 1. The van der Waals surface area contributed by atoms with Crippen molar-refractivity contribution >= 4 is 77.0 Å². The van der Waals surface area contributed by atoms with Gasteiger partial charge in [-0.15, -0.1) is 0 Å². The Morgan fingerprint density at radius 1 is 0.966 bits per heavy atom. The van der Waals surface area contributed by atoms with E-state index < -0.39 is 110 Å². The van der Waals surface area contributed by atoms with Gasteiger partial charge in [-0.25, -0.2) is 33.2 Å². The van der Waals surface area contributed by atoms with Gasteiger partial charge in [0.2, 0.25) is 16.9 Å². The average Bonchev–Trinajstić information content (AvgIpc) is 3.66. The Morgan fingerprint density at radius 2 is 1.62 bits per heavy atom. The summed E-state index contributed by atoms with van der Waals surface area (Å²) in [5.74, 6) is -1.78. The number of thioether (sulfide) groups is 1. The molecule has 1 saturated heterocycles. The Labute approximate surface area is 330 Å². The summed E-state index contributed by atoms with van der Waals surface area (Å²) in [6.45, 7) is -1.08. The molecule has 34 heteroatoms. The number of rotatable bonds is 23. The first-order valence-electron chi connectivity index (χ1n) is 16.0. The van der Waals surface area contributed by atoms with Crippen molar-refractivity contribution in [2.45, 2.75) is 57.0 Å². The highest BCUT2D eigenvalue weighted by atomic mass is 32.2. The second-order valence-corrected chi connectivity index (χ2v) is 19.1. The smallest absolute Gasteiger partial charge is 0.386 e. The summed E-state index contributed by atoms with van der Waals surface area (Å²) in [7, 11) is -21.4. The Bertz CT molecular complexity index is 1960. The number of ether oxygens (including phenoxy) is 1. The lowest BCUT2D eigenvalue weighted by atomic mass is 9.87. The largest absolute Gasteiger partial charge is 0.481 e. The predicted molar refractivity (Wildman–Crippen MR) is 191 cm³/mol. The lowest BCUT2D eigenvalue weighted by Crippen LogP contribution is -2.46. The van der Waals surface area contributed by atoms with Crippen molar-refractivity contribution in [3.8, 4) is 0 Å². The predicted octanol–water partition coefficient (Wildman–Crippen LogP) is -2.87. The number of amides is 2. The van der Waals surface area contributed by atoms with Crippen LogP contribution in [0.5, 0.6) is 0 Å². The molecule has 2 amide bonds. The number of anilines is 1. The van der Waals surface area contributed by atoms with E-state index in [1.807, 2.05) is 0 Å². The van der Waals surface area contributed by atoms with E-state index in [4.69, 9.17) is 29.3 Å². The van der Waals surface area contributed by atoms with E-state index in [-0.39, 0.29) is 42.2 Å². The molecular formula is C24H41N7O22P4S. The van der Waals surface area contributed by atoms with Crippen molar-refractivity contribution in [1.82, 2.24) is 30.2 Å². The number of phosphoric ester groups is 4. The molecule has 8 unspecified atom stereocenters. The van der Waals surface area contributed by atoms with Crippen LogP contribution in [-0.4, -0.2) is 150 Å². The van der Waals surface area contributed by atoms with Crippen molar-refractivity contribution < 1.29 is 104 Å². The van der Waals surface area contributed by atoms with E-state index in [0.717, 1.165) is 17.2 Å². The molecule has 330 valence electrons. The molecule has 1 aliphatic rings. The van der Waals surface area contributed by atoms with Gasteiger partial charge in [0.1, 0.15) is 42.4 Å². The van der Waals surface area contributed by atoms with Crippen molar-refractivity contribution in [1.29, 1.82) is 0 Å². The van der Waals surface area contributed by atoms with Crippen LogP contribution in [-0.2, 0) is 59.8 Å². The van der Waals surface area contributed by atoms with Crippen LogP contribution >= 0.6 is 43.1 Å². The SMILES string of the molecule is CC(C)(COP(=O)(O)OP(=O)(O)OCC1OC(n2cnc3c(N)ncnc32)C(O)C1OP(=O)(O)O)C(O)C(=O)NCCC(=O)NCCSC(=O)C(O)COP(=O)(O)O. The average molecular weight is 936 g/mol. The van der Waals surface area contributed by atoms with E-state index in [1.165, 1.54) is 13.8 Å². The number of hydrogen-bond acceptors (Lipinski definition) is 21. The van der Waals surface area contributed by atoms with Gasteiger partial charge in [-0.2, -0.15) is 4.31 Å². The first-order valence-corrected chi connectivity index (χ1v) is 23.1. The molecule has 29 nitrogen and oxygen atoms in total. The molecule has 0 saturated carbocycles. The monoisotopic (exact) mass is 935 g/mol. The van der Waals surface area contributed by atoms with Crippen LogP contribution in [0, 0.1) is 5.41 Å². The van der Waals surface area contributed by atoms with Gasteiger partial charge in [-0.1, -0.05) is 25.6 Å². The fourth-order valence-corrected chi connectivity index (χ4v) is 8.44. The van der Waals surface area contributed by atoms with E-state index >= 15 is 0 Å². The van der Waals surface area contributed by atoms with Crippen molar-refractivity contribution in [3.05, 3.63) is 12.7 Å². The summed E-state index contributed by atoms with van der Waals surface area (Å²) in [5, 5.41) is 34.7. The Morgan fingerprint density at radius 3 is 2.26 bits per heavy atom. The van der Waals surface area contributed by atoms with Gasteiger partial charge >= 0.3 is 31.3 Å². The third-order valence-electron chi connectivity index (χ3n) is 7.42. The van der Waals surface area contributed by atoms with E-state index in [1.54, 1.807) is 0 Å². The number of carbonyl (C=O) groups excluding carboxylic acids is 3. The zero-order chi connectivity index (χ0) is 43.9. The molecule has 13 N–H and O–H groups in total. The number of nitrogen functional groups attached to an aromatic ring is 1. The molecule has 3 heterocycles. The van der Waals surface area contributed by atoms with E-state index in [9.17, 15) is 67.5 Å². The number of fused-ring (bicyclic) bond motifs is 1. The minimum Gasteiger partial charge on any atom is -0.386 e. The minimum atomic E-state index is -5.61. The third kappa shape index (κ3) is 15.6. The zero-order valence-electron chi connectivity index (χ0n) is 30.0. The minimum absolute atomic E-state index is 0.00782. The molecule has 0 bridgehead atoms. The van der Waals surface area contributed by atoms with Gasteiger partial charge in [0.15, 0.2) is 17.7 Å². The molecule has 58 heavy (non-hydrogen) atoms. The van der Waals surface area contributed by atoms with Crippen molar-refractivity contribution in [3.63, 3.8) is 0 Å². The van der Waals surface area contributed by atoms with Crippen LogP contribution in [0.15, 0.2) is 12.7 Å². The highest BCUT2D eigenvalue weighted by Crippen LogP contribution is 2.61. The van der Waals surface area contributed by atoms with E-state index in [2.05, 4.69) is 38.9 Å². The van der Waals surface area contributed by atoms with Crippen LogP contribution < -0.4 is 16.4 Å². The number of aliphatic hydroxyl groups is 3. The van der Waals surface area contributed by atoms with Gasteiger partial charge < -0.3 is 65.8 Å². The Kier molecular flexibility index (Phi) is 17.6. The number of nitrogens with zero attached hydrogens (tertiary/aromatic N) is 4. The first-order chi connectivity index (χ1) is 26.6.